The van der Waals surface area contributed by atoms with E-state index in [1.165, 1.54) is 0 Å². The number of ether oxygens (including phenoxy) is 1. The first-order valence-electron chi connectivity index (χ1n) is 9.33. The summed E-state index contributed by atoms with van der Waals surface area (Å²) in [6.07, 6.45) is 0. The summed E-state index contributed by atoms with van der Waals surface area (Å²) in [5.74, 6) is 0.255. The van der Waals surface area contributed by atoms with Gasteiger partial charge in [0.1, 0.15) is 5.75 Å². The molecule has 28 heavy (non-hydrogen) atoms. The number of fused-ring (bicyclic) bond motifs is 3. The first kappa shape index (κ1) is 16.5. The van der Waals surface area contributed by atoms with Crippen molar-refractivity contribution in [3.8, 4) is 5.75 Å². The zero-order valence-corrected chi connectivity index (χ0v) is 15.5. The van der Waals surface area contributed by atoms with Gasteiger partial charge in [0.2, 0.25) is 0 Å². The first-order valence-corrected chi connectivity index (χ1v) is 9.33. The molecule has 134 valence electrons. The summed E-state index contributed by atoms with van der Waals surface area (Å²) in [5.41, 5.74) is 1.77. The quantitative estimate of drug-likeness (QED) is 0.199. The summed E-state index contributed by atoms with van der Waals surface area (Å²) < 4.78 is 5.95. The van der Waals surface area contributed by atoms with Crippen LogP contribution in [0.4, 0.5) is 0 Å². The third-order valence-corrected chi connectivity index (χ3v) is 5.28. The van der Waals surface area contributed by atoms with Crippen LogP contribution in [0.1, 0.15) is 15.9 Å². The molecule has 2 heteroatoms. The SMILES string of the molecule is Cc1ccc(OC(=O)c2c3ccccc3cc3ccccc23)c2ccccc12. The second kappa shape index (κ2) is 6.50. The fraction of sp³-hybridized carbons (Fsp3) is 0.0385. The third kappa shape index (κ3) is 2.62. The monoisotopic (exact) mass is 362 g/mol. The Balaban J connectivity index is 1.71. The van der Waals surface area contributed by atoms with Gasteiger partial charge in [-0.2, -0.15) is 0 Å². The van der Waals surface area contributed by atoms with E-state index in [1.807, 2.05) is 78.9 Å². The molecular weight excluding hydrogens is 344 g/mol. The molecule has 0 spiro atoms. The summed E-state index contributed by atoms with van der Waals surface area (Å²) in [7, 11) is 0. The van der Waals surface area contributed by atoms with E-state index in [-0.39, 0.29) is 5.97 Å². The van der Waals surface area contributed by atoms with Crippen LogP contribution < -0.4 is 4.74 Å². The Morgan fingerprint density at radius 1 is 0.643 bits per heavy atom. The lowest BCUT2D eigenvalue weighted by atomic mass is 9.97. The van der Waals surface area contributed by atoms with Gasteiger partial charge in [-0.05, 0) is 51.6 Å². The van der Waals surface area contributed by atoms with E-state index in [1.54, 1.807) is 0 Å². The Labute approximate surface area is 163 Å². The lowest BCUT2D eigenvalue weighted by Gasteiger charge is -2.13. The van der Waals surface area contributed by atoms with Gasteiger partial charge < -0.3 is 4.74 Å². The maximum Gasteiger partial charge on any atom is 0.344 e. The highest BCUT2D eigenvalue weighted by Gasteiger charge is 2.18. The minimum absolute atomic E-state index is 0.331. The van der Waals surface area contributed by atoms with Crippen molar-refractivity contribution in [3.05, 3.63) is 102 Å². The number of hydrogen-bond donors (Lipinski definition) is 0. The lowest BCUT2D eigenvalue weighted by Crippen LogP contribution is -2.10. The van der Waals surface area contributed by atoms with E-state index in [2.05, 4.69) is 19.1 Å². The van der Waals surface area contributed by atoms with Crippen LogP contribution in [-0.4, -0.2) is 5.97 Å². The molecule has 5 aromatic rings. The Morgan fingerprint density at radius 3 is 1.82 bits per heavy atom. The van der Waals surface area contributed by atoms with Gasteiger partial charge in [0, 0.05) is 5.39 Å². The molecule has 0 unspecified atom stereocenters. The lowest BCUT2D eigenvalue weighted by molar-refractivity contribution is 0.0741. The summed E-state index contributed by atoms with van der Waals surface area (Å²) >= 11 is 0. The molecule has 0 bridgehead atoms. The standard InChI is InChI=1S/C26H18O2/c1-17-14-15-24(23-13-7-6-10-20(17)23)28-26(27)25-21-11-4-2-8-18(21)16-19-9-3-5-12-22(19)25/h2-16H,1H3. The molecule has 0 aliphatic heterocycles. The summed E-state index contributed by atoms with van der Waals surface area (Å²) in [6, 6.07) is 29.9. The van der Waals surface area contributed by atoms with Gasteiger partial charge in [-0.3, -0.25) is 0 Å². The zero-order valence-electron chi connectivity index (χ0n) is 15.5. The summed E-state index contributed by atoms with van der Waals surface area (Å²) in [4.78, 5) is 13.3. The van der Waals surface area contributed by atoms with Crippen molar-refractivity contribution in [1.29, 1.82) is 0 Å². The molecule has 5 rings (SSSR count). The molecule has 0 radical (unpaired) electrons. The molecule has 0 heterocycles. The molecule has 5 aromatic carbocycles. The Hall–Kier alpha value is -3.65. The average molecular weight is 362 g/mol. The van der Waals surface area contributed by atoms with E-state index in [0.29, 0.717) is 11.3 Å². The molecule has 2 nitrogen and oxygen atoms in total. The minimum atomic E-state index is -0.331. The average Bonchev–Trinajstić information content (AvgIpc) is 2.74. The molecule has 0 fully saturated rings. The van der Waals surface area contributed by atoms with E-state index in [4.69, 9.17) is 4.74 Å². The molecule has 0 saturated carbocycles. The Morgan fingerprint density at radius 2 is 1.18 bits per heavy atom. The van der Waals surface area contributed by atoms with Gasteiger partial charge in [-0.15, -0.1) is 0 Å². The Kier molecular flexibility index (Phi) is 3.84. The summed E-state index contributed by atoms with van der Waals surface area (Å²) in [5, 5.41) is 5.91. The maximum atomic E-state index is 13.3. The molecule has 0 atom stereocenters. The summed E-state index contributed by atoms with van der Waals surface area (Å²) in [6.45, 7) is 2.06. The van der Waals surface area contributed by atoms with Gasteiger partial charge in [0.15, 0.2) is 0 Å². The van der Waals surface area contributed by atoms with Gasteiger partial charge in [-0.1, -0.05) is 78.9 Å². The first-order chi connectivity index (χ1) is 13.7. The van der Waals surface area contributed by atoms with Crippen LogP contribution in [0.25, 0.3) is 32.3 Å². The number of carbonyl (C=O) groups is 1. The van der Waals surface area contributed by atoms with Gasteiger partial charge in [0.05, 0.1) is 5.56 Å². The van der Waals surface area contributed by atoms with Crippen LogP contribution >= 0.6 is 0 Å². The second-order valence-electron chi connectivity index (χ2n) is 7.01. The fourth-order valence-electron chi connectivity index (χ4n) is 3.90. The molecule has 0 N–H and O–H groups in total. The van der Waals surface area contributed by atoms with E-state index >= 15 is 0 Å². The van der Waals surface area contributed by atoms with Crippen LogP contribution in [-0.2, 0) is 0 Å². The number of benzene rings is 5. The molecule has 0 amide bonds. The van der Waals surface area contributed by atoms with Gasteiger partial charge in [-0.25, -0.2) is 4.79 Å². The second-order valence-corrected chi connectivity index (χ2v) is 7.01. The predicted octanol–water partition coefficient (Wildman–Crippen LogP) is 6.67. The molecule has 0 saturated heterocycles. The van der Waals surface area contributed by atoms with Crippen molar-refractivity contribution in [1.82, 2.24) is 0 Å². The highest BCUT2D eigenvalue weighted by molar-refractivity contribution is 6.17. The maximum absolute atomic E-state index is 13.3. The van der Waals surface area contributed by atoms with Crippen LogP contribution in [0, 0.1) is 6.92 Å². The van der Waals surface area contributed by atoms with E-state index < -0.39 is 0 Å². The molecule has 0 aromatic heterocycles. The highest BCUT2D eigenvalue weighted by Crippen LogP contribution is 2.32. The largest absolute Gasteiger partial charge is 0.422 e. The van der Waals surface area contributed by atoms with Crippen LogP contribution in [0.2, 0.25) is 0 Å². The van der Waals surface area contributed by atoms with Crippen LogP contribution in [0.15, 0.2) is 91.0 Å². The number of rotatable bonds is 2. The van der Waals surface area contributed by atoms with Crippen molar-refractivity contribution in [2.24, 2.45) is 0 Å². The molecule has 0 aliphatic rings. The highest BCUT2D eigenvalue weighted by atomic mass is 16.5. The third-order valence-electron chi connectivity index (χ3n) is 5.28. The van der Waals surface area contributed by atoms with Crippen LogP contribution in [0.5, 0.6) is 5.75 Å². The number of carbonyl (C=O) groups excluding carboxylic acids is 1. The Bertz CT molecular complexity index is 1310. The van der Waals surface area contributed by atoms with E-state index in [0.717, 1.165) is 37.9 Å². The van der Waals surface area contributed by atoms with Gasteiger partial charge >= 0.3 is 5.97 Å². The normalized spacial score (nSPS) is 11.2. The smallest absolute Gasteiger partial charge is 0.344 e. The van der Waals surface area contributed by atoms with Crippen molar-refractivity contribution >= 4 is 38.3 Å². The van der Waals surface area contributed by atoms with Crippen molar-refractivity contribution in [2.75, 3.05) is 0 Å². The number of esters is 1. The molecule has 0 aliphatic carbocycles. The minimum Gasteiger partial charge on any atom is -0.422 e. The van der Waals surface area contributed by atoms with Crippen molar-refractivity contribution in [2.45, 2.75) is 6.92 Å². The van der Waals surface area contributed by atoms with Gasteiger partial charge in [0.25, 0.3) is 0 Å². The number of hydrogen-bond acceptors (Lipinski definition) is 2. The molecular formula is C26H18O2. The van der Waals surface area contributed by atoms with Crippen molar-refractivity contribution < 1.29 is 9.53 Å². The van der Waals surface area contributed by atoms with E-state index in [9.17, 15) is 4.79 Å². The fourth-order valence-corrected chi connectivity index (χ4v) is 3.90. The zero-order chi connectivity index (χ0) is 19.1. The van der Waals surface area contributed by atoms with Crippen LogP contribution in [0.3, 0.4) is 0 Å². The van der Waals surface area contributed by atoms with Crippen molar-refractivity contribution in [3.63, 3.8) is 0 Å². The topological polar surface area (TPSA) is 26.3 Å². The predicted molar refractivity (Wildman–Crippen MR) is 115 cm³/mol. The number of aryl methyl sites for hydroxylation is 1.